The normalized spacial score (nSPS) is 21.8. The van der Waals surface area contributed by atoms with Gasteiger partial charge in [-0.2, -0.15) is 11.8 Å². The second-order valence-corrected chi connectivity index (χ2v) is 11.0. The van der Waals surface area contributed by atoms with Crippen LogP contribution in [0.15, 0.2) is 28.0 Å². The summed E-state index contributed by atoms with van der Waals surface area (Å²) in [6.07, 6.45) is 7.73. The van der Waals surface area contributed by atoms with E-state index < -0.39 is 0 Å². The highest BCUT2D eigenvalue weighted by molar-refractivity contribution is 8.26. The number of carbonyl (C=O) groups is 1. The van der Waals surface area contributed by atoms with Crippen molar-refractivity contribution in [2.24, 2.45) is 0 Å². The van der Waals surface area contributed by atoms with Crippen LogP contribution in [0.25, 0.3) is 11.7 Å². The van der Waals surface area contributed by atoms with Crippen LogP contribution in [0.3, 0.4) is 0 Å². The van der Waals surface area contributed by atoms with Crippen LogP contribution in [0.4, 0.5) is 5.82 Å². The van der Waals surface area contributed by atoms with Gasteiger partial charge < -0.3 is 4.90 Å². The standard InChI is InChI=1S/C22H24N4O2S3/c1-14-5-4-8-25-18(14)23-19(24-9-11-30-12-10-24)16(20(25)27)13-17-21(28)26(22(29)31-17)15-6-2-3-7-15/h4-5,8,13,15H,2-3,6-7,9-12H2,1H3/b17-13+. The molecule has 4 heterocycles. The Labute approximate surface area is 195 Å². The molecule has 162 valence electrons. The van der Waals surface area contributed by atoms with Gasteiger partial charge in [0.15, 0.2) is 0 Å². The Morgan fingerprint density at radius 3 is 2.68 bits per heavy atom. The van der Waals surface area contributed by atoms with Crippen LogP contribution in [-0.2, 0) is 4.79 Å². The van der Waals surface area contributed by atoms with Crippen molar-refractivity contribution in [1.29, 1.82) is 0 Å². The van der Waals surface area contributed by atoms with Crippen LogP contribution in [0.5, 0.6) is 0 Å². The Bertz CT molecular complexity index is 1150. The number of aromatic nitrogens is 2. The van der Waals surface area contributed by atoms with Gasteiger partial charge in [0.1, 0.15) is 15.8 Å². The molecule has 0 bridgehead atoms. The number of hydrogen-bond acceptors (Lipinski definition) is 7. The maximum absolute atomic E-state index is 13.5. The Kier molecular flexibility index (Phi) is 5.83. The Hall–Kier alpha value is -1.84. The van der Waals surface area contributed by atoms with Crippen LogP contribution in [0.2, 0.25) is 0 Å². The van der Waals surface area contributed by atoms with Crippen LogP contribution in [-0.4, -0.2) is 55.1 Å². The maximum atomic E-state index is 13.5. The highest BCUT2D eigenvalue weighted by Gasteiger charge is 2.38. The van der Waals surface area contributed by atoms with Crippen LogP contribution < -0.4 is 10.5 Å². The van der Waals surface area contributed by atoms with Crippen molar-refractivity contribution < 1.29 is 4.79 Å². The van der Waals surface area contributed by atoms with E-state index in [1.165, 1.54) is 11.8 Å². The zero-order valence-corrected chi connectivity index (χ0v) is 19.8. The lowest BCUT2D eigenvalue weighted by Gasteiger charge is -2.29. The average molecular weight is 473 g/mol. The molecule has 0 N–H and O–H groups in total. The molecule has 5 rings (SSSR count). The second kappa shape index (κ2) is 8.60. The predicted molar refractivity (Wildman–Crippen MR) is 133 cm³/mol. The fourth-order valence-electron chi connectivity index (χ4n) is 4.53. The minimum absolute atomic E-state index is 0.0733. The fourth-order valence-corrected chi connectivity index (χ4v) is 6.82. The van der Waals surface area contributed by atoms with Crippen molar-refractivity contribution in [2.45, 2.75) is 38.6 Å². The number of fused-ring (bicyclic) bond motifs is 1. The molecule has 6 nitrogen and oxygen atoms in total. The van der Waals surface area contributed by atoms with Crippen molar-refractivity contribution >= 4 is 63.5 Å². The van der Waals surface area contributed by atoms with Gasteiger partial charge in [-0.05, 0) is 37.5 Å². The number of carbonyl (C=O) groups excluding carboxylic acids is 1. The topological polar surface area (TPSA) is 57.9 Å². The van der Waals surface area contributed by atoms with Gasteiger partial charge in [0.25, 0.3) is 11.5 Å². The molecule has 1 aliphatic carbocycles. The highest BCUT2D eigenvalue weighted by atomic mass is 32.2. The molecular weight excluding hydrogens is 448 g/mol. The fraction of sp³-hybridized carbons (Fsp3) is 0.455. The first-order valence-corrected chi connectivity index (χ1v) is 13.0. The molecule has 2 aromatic rings. The lowest BCUT2D eigenvalue weighted by atomic mass is 10.2. The van der Waals surface area contributed by atoms with Gasteiger partial charge in [-0.25, -0.2) is 4.98 Å². The number of hydrogen-bond donors (Lipinski definition) is 0. The zero-order valence-electron chi connectivity index (χ0n) is 17.4. The minimum Gasteiger partial charge on any atom is -0.354 e. The average Bonchev–Trinajstić information content (AvgIpc) is 3.39. The largest absolute Gasteiger partial charge is 0.354 e. The molecule has 1 amide bonds. The molecule has 3 fully saturated rings. The molecule has 1 saturated carbocycles. The van der Waals surface area contributed by atoms with E-state index in [4.69, 9.17) is 17.2 Å². The van der Waals surface area contributed by atoms with Gasteiger partial charge >= 0.3 is 0 Å². The smallest absolute Gasteiger partial charge is 0.267 e. The predicted octanol–water partition coefficient (Wildman–Crippen LogP) is 3.70. The van der Waals surface area contributed by atoms with E-state index >= 15 is 0 Å². The first-order valence-electron chi connectivity index (χ1n) is 10.7. The van der Waals surface area contributed by atoms with Crippen molar-refractivity contribution in [3.8, 4) is 0 Å². The SMILES string of the molecule is Cc1cccn2c(=O)c(/C=C3/SC(=S)N(C4CCCC4)C3=O)c(N3CCSCC3)nc12. The van der Waals surface area contributed by atoms with Crippen LogP contribution >= 0.6 is 35.7 Å². The van der Waals surface area contributed by atoms with Gasteiger partial charge in [-0.3, -0.25) is 18.9 Å². The molecule has 9 heteroatoms. The number of nitrogens with zero attached hydrogens (tertiary/aromatic N) is 4. The summed E-state index contributed by atoms with van der Waals surface area (Å²) < 4.78 is 2.19. The van der Waals surface area contributed by atoms with E-state index in [2.05, 4.69) is 4.90 Å². The minimum atomic E-state index is -0.145. The van der Waals surface area contributed by atoms with Gasteiger partial charge in [0.2, 0.25) is 0 Å². The Balaban J connectivity index is 1.63. The maximum Gasteiger partial charge on any atom is 0.267 e. The molecule has 2 aliphatic heterocycles. The molecule has 0 spiro atoms. The number of rotatable bonds is 3. The van der Waals surface area contributed by atoms with E-state index in [0.717, 1.165) is 55.8 Å². The molecule has 0 aromatic carbocycles. The highest BCUT2D eigenvalue weighted by Crippen LogP contribution is 2.38. The quantitative estimate of drug-likeness (QED) is 0.499. The van der Waals surface area contributed by atoms with E-state index in [-0.39, 0.29) is 17.5 Å². The second-order valence-electron chi connectivity index (χ2n) is 8.13. The summed E-state index contributed by atoms with van der Waals surface area (Å²) in [4.78, 5) is 36.1. The summed E-state index contributed by atoms with van der Waals surface area (Å²) in [7, 11) is 0. The van der Waals surface area contributed by atoms with Crippen molar-refractivity contribution in [3.05, 3.63) is 44.7 Å². The summed E-state index contributed by atoms with van der Waals surface area (Å²) in [5, 5.41) is 0. The number of anilines is 1. The molecule has 3 aliphatic rings. The number of amides is 1. The molecule has 0 atom stereocenters. The molecule has 2 saturated heterocycles. The van der Waals surface area contributed by atoms with Gasteiger partial charge in [0.05, 0.1) is 10.5 Å². The number of thioether (sulfide) groups is 2. The number of aryl methyl sites for hydroxylation is 1. The number of thiocarbonyl (C=S) groups is 1. The third kappa shape index (κ3) is 3.81. The summed E-state index contributed by atoms with van der Waals surface area (Å²) in [5.74, 6) is 2.59. The van der Waals surface area contributed by atoms with Gasteiger partial charge in [-0.1, -0.05) is 42.9 Å². The molecule has 0 unspecified atom stereocenters. The van der Waals surface area contributed by atoms with Crippen molar-refractivity contribution in [1.82, 2.24) is 14.3 Å². The van der Waals surface area contributed by atoms with Crippen molar-refractivity contribution in [3.63, 3.8) is 0 Å². The lowest BCUT2D eigenvalue weighted by Crippen LogP contribution is -2.37. The third-order valence-corrected chi connectivity index (χ3v) is 8.44. The Morgan fingerprint density at radius 2 is 1.94 bits per heavy atom. The number of pyridine rings is 1. The monoisotopic (exact) mass is 472 g/mol. The van der Waals surface area contributed by atoms with Gasteiger partial charge in [-0.15, -0.1) is 0 Å². The Morgan fingerprint density at radius 1 is 1.19 bits per heavy atom. The van der Waals surface area contributed by atoms with E-state index in [1.807, 2.05) is 30.8 Å². The third-order valence-electron chi connectivity index (χ3n) is 6.16. The zero-order chi connectivity index (χ0) is 21.5. The van der Waals surface area contributed by atoms with Gasteiger partial charge in [0, 0.05) is 36.8 Å². The van der Waals surface area contributed by atoms with Crippen molar-refractivity contribution in [2.75, 3.05) is 29.5 Å². The van der Waals surface area contributed by atoms with E-state index in [1.54, 1.807) is 21.6 Å². The van der Waals surface area contributed by atoms with Crippen LogP contribution in [0.1, 0.15) is 36.8 Å². The first-order chi connectivity index (χ1) is 15.0. The molecule has 31 heavy (non-hydrogen) atoms. The summed E-state index contributed by atoms with van der Waals surface area (Å²) in [6.45, 7) is 3.63. The first kappa shape index (κ1) is 21.0. The summed E-state index contributed by atoms with van der Waals surface area (Å²) in [6, 6.07) is 4.01. The molecule has 0 radical (unpaired) electrons. The summed E-state index contributed by atoms with van der Waals surface area (Å²) >= 11 is 8.76. The lowest BCUT2D eigenvalue weighted by molar-refractivity contribution is -0.123. The van der Waals surface area contributed by atoms with E-state index in [0.29, 0.717) is 26.3 Å². The summed E-state index contributed by atoms with van der Waals surface area (Å²) in [5.41, 5.74) is 1.94. The molecular formula is C22H24N4O2S3. The van der Waals surface area contributed by atoms with Crippen LogP contribution in [0, 0.1) is 6.92 Å². The molecule has 2 aromatic heterocycles. The van der Waals surface area contributed by atoms with E-state index in [9.17, 15) is 9.59 Å².